The minimum Gasteiger partial charge on any atom is -0.464 e. The first-order chi connectivity index (χ1) is 8.42. The van der Waals surface area contributed by atoms with E-state index in [9.17, 15) is 0 Å². The average Bonchev–Trinajstić information content (AvgIpc) is 2.82. The predicted octanol–water partition coefficient (Wildman–Crippen LogP) is 3.06. The maximum Gasteiger partial charge on any atom is 0.139 e. The second kappa shape index (κ2) is 6.25. The van der Waals surface area contributed by atoms with Crippen molar-refractivity contribution in [3.8, 4) is 0 Å². The predicted molar refractivity (Wildman–Crippen MR) is 68.2 cm³/mol. The fourth-order valence-electron chi connectivity index (χ4n) is 1.63. The molecular weight excluding hydrogens is 216 g/mol. The molecule has 2 rings (SSSR count). The van der Waals surface area contributed by atoms with Gasteiger partial charge in [0.1, 0.15) is 11.4 Å². The monoisotopic (exact) mass is 234 g/mol. The molecule has 2 heterocycles. The van der Waals surface area contributed by atoms with Crippen molar-refractivity contribution in [3.05, 3.63) is 24.6 Å². The number of nitrogens with zero attached hydrogens (tertiary/aromatic N) is 1. The molecule has 0 saturated heterocycles. The zero-order valence-corrected chi connectivity index (χ0v) is 10.1. The maximum absolute atomic E-state index is 5.48. The van der Waals surface area contributed by atoms with Crippen LogP contribution in [0.25, 0.3) is 11.0 Å². The summed E-state index contributed by atoms with van der Waals surface area (Å²) in [7, 11) is 0. The first kappa shape index (κ1) is 11.9. The molecule has 2 aromatic rings. The Balaban J connectivity index is 1.80. The molecule has 0 atom stereocenters. The number of ether oxygens (including phenoxy) is 1. The maximum atomic E-state index is 5.48. The summed E-state index contributed by atoms with van der Waals surface area (Å²) in [6, 6.07) is 3.78. The Bertz CT molecular complexity index is 453. The molecule has 0 saturated carbocycles. The lowest BCUT2D eigenvalue weighted by atomic mass is 10.3. The molecule has 1 N–H and O–H groups in total. The van der Waals surface area contributed by atoms with E-state index in [1.807, 2.05) is 12.1 Å². The van der Waals surface area contributed by atoms with E-state index in [-0.39, 0.29) is 0 Å². The van der Waals surface area contributed by atoms with E-state index in [1.165, 1.54) is 6.42 Å². The van der Waals surface area contributed by atoms with Gasteiger partial charge in [-0.1, -0.05) is 13.3 Å². The third kappa shape index (κ3) is 3.20. The van der Waals surface area contributed by atoms with E-state index in [0.29, 0.717) is 6.61 Å². The number of unbranched alkanes of at least 4 members (excludes halogenated alkanes) is 1. The van der Waals surface area contributed by atoms with Crippen LogP contribution in [0.4, 0.5) is 5.82 Å². The lowest BCUT2D eigenvalue weighted by Crippen LogP contribution is -2.10. The van der Waals surface area contributed by atoms with Gasteiger partial charge in [-0.05, 0) is 18.6 Å². The van der Waals surface area contributed by atoms with Gasteiger partial charge >= 0.3 is 0 Å². The van der Waals surface area contributed by atoms with E-state index in [0.717, 1.165) is 36.4 Å². The summed E-state index contributed by atoms with van der Waals surface area (Å²) in [6.45, 7) is 4.46. The quantitative estimate of drug-likeness (QED) is 0.748. The van der Waals surface area contributed by atoms with Gasteiger partial charge in [0.15, 0.2) is 0 Å². The van der Waals surface area contributed by atoms with Crippen LogP contribution in [0.5, 0.6) is 0 Å². The summed E-state index contributed by atoms with van der Waals surface area (Å²) in [4.78, 5) is 4.29. The summed E-state index contributed by atoms with van der Waals surface area (Å²) in [5.74, 6) is 0.857. The lowest BCUT2D eigenvalue weighted by molar-refractivity contribution is 0.141. The molecule has 17 heavy (non-hydrogen) atoms. The highest BCUT2D eigenvalue weighted by Crippen LogP contribution is 2.21. The molecule has 0 unspecified atom stereocenters. The molecule has 0 fully saturated rings. The number of furan rings is 1. The molecule has 4 nitrogen and oxygen atoms in total. The van der Waals surface area contributed by atoms with E-state index < -0.39 is 0 Å². The van der Waals surface area contributed by atoms with Crippen LogP contribution in [0.1, 0.15) is 19.8 Å². The molecule has 0 aliphatic heterocycles. The summed E-state index contributed by atoms with van der Waals surface area (Å²) in [6.07, 6.45) is 5.71. The summed E-state index contributed by atoms with van der Waals surface area (Å²) in [5.41, 5.74) is 0.856. The van der Waals surface area contributed by atoms with Crippen LogP contribution in [0, 0.1) is 0 Å². The zero-order valence-electron chi connectivity index (χ0n) is 10.1. The fraction of sp³-hybridized carbons (Fsp3) is 0.462. The number of pyridine rings is 1. The molecule has 0 aliphatic carbocycles. The molecule has 0 radical (unpaired) electrons. The number of rotatable bonds is 7. The number of fused-ring (bicyclic) bond motifs is 1. The second-order valence-corrected chi connectivity index (χ2v) is 3.88. The second-order valence-electron chi connectivity index (χ2n) is 3.88. The number of hydrogen-bond acceptors (Lipinski definition) is 4. The van der Waals surface area contributed by atoms with Crippen molar-refractivity contribution < 1.29 is 9.15 Å². The van der Waals surface area contributed by atoms with Crippen molar-refractivity contribution in [1.82, 2.24) is 4.98 Å². The number of aromatic nitrogens is 1. The summed E-state index contributed by atoms with van der Waals surface area (Å²) in [5, 5.41) is 4.27. The van der Waals surface area contributed by atoms with Gasteiger partial charge in [-0.25, -0.2) is 4.98 Å². The highest BCUT2D eigenvalue weighted by Gasteiger charge is 2.03. The van der Waals surface area contributed by atoms with Gasteiger partial charge in [0.2, 0.25) is 0 Å². The van der Waals surface area contributed by atoms with Crippen molar-refractivity contribution in [2.75, 3.05) is 25.1 Å². The first-order valence-electron chi connectivity index (χ1n) is 6.05. The van der Waals surface area contributed by atoms with Crippen molar-refractivity contribution in [3.63, 3.8) is 0 Å². The normalized spacial score (nSPS) is 10.9. The lowest BCUT2D eigenvalue weighted by Gasteiger charge is -2.06. The number of nitrogens with one attached hydrogen (secondary N) is 1. The van der Waals surface area contributed by atoms with Crippen LogP contribution in [-0.4, -0.2) is 24.7 Å². The topological polar surface area (TPSA) is 47.3 Å². The van der Waals surface area contributed by atoms with Gasteiger partial charge in [0.25, 0.3) is 0 Å². The van der Waals surface area contributed by atoms with Crippen molar-refractivity contribution in [1.29, 1.82) is 0 Å². The summed E-state index contributed by atoms with van der Waals surface area (Å²) < 4.78 is 10.8. The molecular formula is C13H18N2O2. The smallest absolute Gasteiger partial charge is 0.139 e. The molecule has 0 amide bonds. The Morgan fingerprint density at radius 1 is 1.35 bits per heavy atom. The van der Waals surface area contributed by atoms with Gasteiger partial charge in [-0.2, -0.15) is 0 Å². The summed E-state index contributed by atoms with van der Waals surface area (Å²) >= 11 is 0. The van der Waals surface area contributed by atoms with Gasteiger partial charge in [-0.3, -0.25) is 0 Å². The van der Waals surface area contributed by atoms with Crippen LogP contribution in [0.3, 0.4) is 0 Å². The van der Waals surface area contributed by atoms with Gasteiger partial charge in [-0.15, -0.1) is 0 Å². The van der Waals surface area contributed by atoms with E-state index in [4.69, 9.17) is 9.15 Å². The molecule has 4 heteroatoms. The zero-order chi connectivity index (χ0) is 11.9. The van der Waals surface area contributed by atoms with Gasteiger partial charge in [0, 0.05) is 19.3 Å². The van der Waals surface area contributed by atoms with E-state index in [2.05, 4.69) is 17.2 Å². The van der Waals surface area contributed by atoms with E-state index >= 15 is 0 Å². The van der Waals surface area contributed by atoms with E-state index in [1.54, 1.807) is 12.5 Å². The Labute approximate surface area is 101 Å². The average molecular weight is 234 g/mol. The van der Waals surface area contributed by atoms with Gasteiger partial charge < -0.3 is 14.5 Å². The van der Waals surface area contributed by atoms with Crippen LogP contribution in [-0.2, 0) is 4.74 Å². The Morgan fingerprint density at radius 3 is 3.18 bits per heavy atom. The minimum absolute atomic E-state index is 0.704. The molecule has 2 aromatic heterocycles. The van der Waals surface area contributed by atoms with Gasteiger partial charge in [0.05, 0.1) is 18.3 Å². The standard InChI is InChI=1S/C13H18N2O2/c1-2-3-8-16-10-7-15-13-11-5-9-17-12(11)4-6-14-13/h4-6,9H,2-3,7-8,10H2,1H3,(H,14,15). The number of anilines is 1. The largest absolute Gasteiger partial charge is 0.464 e. The van der Waals surface area contributed by atoms with Crippen molar-refractivity contribution in [2.45, 2.75) is 19.8 Å². The molecule has 0 bridgehead atoms. The third-order valence-electron chi connectivity index (χ3n) is 2.56. The van der Waals surface area contributed by atoms with Crippen LogP contribution < -0.4 is 5.32 Å². The number of hydrogen-bond donors (Lipinski definition) is 1. The molecule has 0 aliphatic rings. The molecule has 0 spiro atoms. The highest BCUT2D eigenvalue weighted by molar-refractivity contribution is 5.87. The van der Waals surface area contributed by atoms with Crippen molar-refractivity contribution >= 4 is 16.8 Å². The van der Waals surface area contributed by atoms with Crippen LogP contribution in [0.2, 0.25) is 0 Å². The van der Waals surface area contributed by atoms with Crippen molar-refractivity contribution in [2.24, 2.45) is 0 Å². The first-order valence-corrected chi connectivity index (χ1v) is 6.05. The minimum atomic E-state index is 0.704. The highest BCUT2D eigenvalue weighted by atomic mass is 16.5. The SMILES string of the molecule is CCCCOCCNc1nccc2occc12. The fourth-order valence-corrected chi connectivity index (χ4v) is 1.63. The van der Waals surface area contributed by atoms with Crippen LogP contribution in [0.15, 0.2) is 29.0 Å². The Kier molecular flexibility index (Phi) is 4.38. The Hall–Kier alpha value is -1.55. The molecule has 92 valence electrons. The Morgan fingerprint density at radius 2 is 2.29 bits per heavy atom. The molecule has 0 aromatic carbocycles. The van der Waals surface area contributed by atoms with Crippen LogP contribution >= 0.6 is 0 Å². The third-order valence-corrected chi connectivity index (χ3v) is 2.56.